The van der Waals surface area contributed by atoms with Crippen LogP contribution >= 0.6 is 0 Å². The Bertz CT molecular complexity index is 526. The maximum Gasteiger partial charge on any atom is 0.125 e. The van der Waals surface area contributed by atoms with Gasteiger partial charge in [0.05, 0.1) is 5.52 Å². The van der Waals surface area contributed by atoms with Gasteiger partial charge < -0.3 is 14.5 Å². The zero-order chi connectivity index (χ0) is 11.7. The number of nitrogens with zero attached hydrogens (tertiary/aromatic N) is 1. The minimum Gasteiger partial charge on any atom is -0.508 e. The van der Waals surface area contributed by atoms with E-state index in [9.17, 15) is 9.90 Å². The van der Waals surface area contributed by atoms with E-state index in [1.165, 1.54) is 0 Å². The quantitative estimate of drug-likeness (QED) is 0.803. The summed E-state index contributed by atoms with van der Waals surface area (Å²) < 4.78 is 2.09. The van der Waals surface area contributed by atoms with E-state index < -0.39 is 0 Å². The third-order valence-corrected chi connectivity index (χ3v) is 2.71. The number of phenolic OH excluding ortho intramolecular Hbond substituents is 1. The van der Waals surface area contributed by atoms with Crippen LogP contribution in [0.1, 0.15) is 25.6 Å². The Balaban J connectivity index is 2.71. The number of aromatic hydroxyl groups is 1. The van der Waals surface area contributed by atoms with Crippen LogP contribution in [-0.2, 0) is 11.2 Å². The Morgan fingerprint density at radius 2 is 2.12 bits per heavy atom. The van der Waals surface area contributed by atoms with Gasteiger partial charge >= 0.3 is 0 Å². The van der Waals surface area contributed by atoms with Crippen molar-refractivity contribution in [3.05, 3.63) is 30.0 Å². The number of carbonyl (C=O) groups excluding carboxylic acids is 1. The van der Waals surface area contributed by atoms with Crippen LogP contribution in [0.2, 0.25) is 0 Å². The second-order valence-electron chi connectivity index (χ2n) is 4.21. The third kappa shape index (κ3) is 1.69. The largest absolute Gasteiger partial charge is 0.508 e. The molecule has 0 unspecified atom stereocenters. The maximum atomic E-state index is 10.6. The highest BCUT2D eigenvalue weighted by molar-refractivity contribution is 5.83. The van der Waals surface area contributed by atoms with Crippen molar-refractivity contribution < 1.29 is 9.90 Å². The van der Waals surface area contributed by atoms with Crippen LogP contribution in [0.15, 0.2) is 24.3 Å². The SMILES string of the molecule is CC(C)n1c(CC=O)cc2ccc(O)cc21. The Morgan fingerprint density at radius 1 is 1.38 bits per heavy atom. The molecule has 0 aliphatic carbocycles. The molecule has 0 saturated heterocycles. The molecule has 0 aliphatic heterocycles. The van der Waals surface area contributed by atoms with Crippen molar-refractivity contribution >= 4 is 17.2 Å². The summed E-state index contributed by atoms with van der Waals surface area (Å²) in [7, 11) is 0. The molecule has 2 rings (SSSR count). The van der Waals surface area contributed by atoms with Gasteiger partial charge in [-0.2, -0.15) is 0 Å². The molecular weight excluding hydrogens is 202 g/mol. The molecule has 0 spiro atoms. The fraction of sp³-hybridized carbons (Fsp3) is 0.308. The second-order valence-corrected chi connectivity index (χ2v) is 4.21. The fourth-order valence-electron chi connectivity index (χ4n) is 2.12. The Labute approximate surface area is 94.3 Å². The average Bonchev–Trinajstić information content (AvgIpc) is 2.55. The van der Waals surface area contributed by atoms with Gasteiger partial charge in [0.15, 0.2) is 0 Å². The van der Waals surface area contributed by atoms with Crippen molar-refractivity contribution in [1.29, 1.82) is 0 Å². The summed E-state index contributed by atoms with van der Waals surface area (Å²) in [6.45, 7) is 4.13. The molecule has 0 fully saturated rings. The Kier molecular flexibility index (Phi) is 2.69. The molecule has 0 aliphatic rings. The normalized spacial score (nSPS) is 11.2. The molecule has 1 aromatic heterocycles. The van der Waals surface area contributed by atoms with E-state index >= 15 is 0 Å². The van der Waals surface area contributed by atoms with Crippen molar-refractivity contribution in [2.75, 3.05) is 0 Å². The van der Waals surface area contributed by atoms with Gasteiger partial charge in [-0.3, -0.25) is 0 Å². The van der Waals surface area contributed by atoms with Gasteiger partial charge in [-0.05, 0) is 32.0 Å². The van der Waals surface area contributed by atoms with E-state index in [1.807, 2.05) is 12.1 Å². The second kappa shape index (κ2) is 4.00. The number of phenols is 1. The van der Waals surface area contributed by atoms with Crippen molar-refractivity contribution in [2.45, 2.75) is 26.3 Å². The van der Waals surface area contributed by atoms with Crippen LogP contribution in [0.4, 0.5) is 0 Å². The van der Waals surface area contributed by atoms with Crippen LogP contribution in [0.25, 0.3) is 10.9 Å². The lowest BCUT2D eigenvalue weighted by Crippen LogP contribution is -2.05. The molecular formula is C13H15NO2. The minimum absolute atomic E-state index is 0.255. The lowest BCUT2D eigenvalue weighted by Gasteiger charge is -2.13. The molecule has 84 valence electrons. The van der Waals surface area contributed by atoms with Crippen LogP contribution in [-0.4, -0.2) is 16.0 Å². The Hall–Kier alpha value is -1.77. The molecule has 2 aromatic rings. The van der Waals surface area contributed by atoms with E-state index in [4.69, 9.17) is 0 Å². The van der Waals surface area contributed by atoms with Crippen molar-refractivity contribution in [3.8, 4) is 5.75 Å². The molecule has 16 heavy (non-hydrogen) atoms. The number of aromatic nitrogens is 1. The average molecular weight is 217 g/mol. The van der Waals surface area contributed by atoms with E-state index in [1.54, 1.807) is 12.1 Å². The van der Waals surface area contributed by atoms with Gasteiger partial charge in [-0.15, -0.1) is 0 Å². The predicted molar refractivity (Wildman–Crippen MR) is 63.8 cm³/mol. The monoisotopic (exact) mass is 217 g/mol. The van der Waals surface area contributed by atoms with Crippen molar-refractivity contribution in [2.24, 2.45) is 0 Å². The first-order valence-electron chi connectivity index (χ1n) is 5.40. The summed E-state index contributed by atoms with van der Waals surface area (Å²) in [6, 6.07) is 7.55. The highest BCUT2D eigenvalue weighted by atomic mass is 16.3. The van der Waals surface area contributed by atoms with Gasteiger partial charge in [-0.1, -0.05) is 0 Å². The van der Waals surface area contributed by atoms with E-state index in [0.717, 1.165) is 22.9 Å². The third-order valence-electron chi connectivity index (χ3n) is 2.71. The first-order valence-corrected chi connectivity index (χ1v) is 5.40. The van der Waals surface area contributed by atoms with E-state index in [2.05, 4.69) is 18.4 Å². The number of aldehydes is 1. The first kappa shape index (κ1) is 10.7. The predicted octanol–water partition coefficient (Wildman–Crippen LogP) is 2.67. The van der Waals surface area contributed by atoms with Crippen molar-refractivity contribution in [3.63, 3.8) is 0 Å². The lowest BCUT2D eigenvalue weighted by atomic mass is 10.2. The van der Waals surface area contributed by atoms with Crippen LogP contribution in [0, 0.1) is 0 Å². The number of fused-ring (bicyclic) bond motifs is 1. The number of carbonyl (C=O) groups is 1. The molecule has 0 bridgehead atoms. The van der Waals surface area contributed by atoms with Crippen LogP contribution < -0.4 is 0 Å². The molecule has 1 N–H and O–H groups in total. The fourth-order valence-corrected chi connectivity index (χ4v) is 2.12. The molecule has 0 atom stereocenters. The highest BCUT2D eigenvalue weighted by Gasteiger charge is 2.11. The molecule has 1 heterocycles. The lowest BCUT2D eigenvalue weighted by molar-refractivity contribution is -0.107. The van der Waals surface area contributed by atoms with Crippen LogP contribution in [0.3, 0.4) is 0 Å². The molecule has 3 heteroatoms. The zero-order valence-corrected chi connectivity index (χ0v) is 9.47. The summed E-state index contributed by atoms with van der Waals surface area (Å²) in [6.07, 6.45) is 1.32. The first-order chi connectivity index (χ1) is 7.63. The highest BCUT2D eigenvalue weighted by Crippen LogP contribution is 2.27. The van der Waals surface area contributed by atoms with Gasteiger partial charge in [0.25, 0.3) is 0 Å². The summed E-state index contributed by atoms with van der Waals surface area (Å²) in [5.74, 6) is 0.255. The summed E-state index contributed by atoms with van der Waals surface area (Å²) in [5, 5.41) is 10.6. The van der Waals surface area contributed by atoms with E-state index in [-0.39, 0.29) is 11.8 Å². The molecule has 0 saturated carbocycles. The van der Waals surface area contributed by atoms with Gasteiger partial charge in [-0.25, -0.2) is 0 Å². The maximum absolute atomic E-state index is 10.6. The number of benzene rings is 1. The smallest absolute Gasteiger partial charge is 0.125 e. The Morgan fingerprint density at radius 3 is 2.75 bits per heavy atom. The number of hydrogen-bond acceptors (Lipinski definition) is 2. The molecule has 1 aromatic carbocycles. The van der Waals surface area contributed by atoms with Gasteiger partial charge in [0.2, 0.25) is 0 Å². The number of rotatable bonds is 3. The molecule has 0 amide bonds. The van der Waals surface area contributed by atoms with Crippen LogP contribution in [0.5, 0.6) is 5.75 Å². The summed E-state index contributed by atoms with van der Waals surface area (Å²) in [5.41, 5.74) is 1.97. The van der Waals surface area contributed by atoms with E-state index in [0.29, 0.717) is 6.42 Å². The number of hydrogen-bond donors (Lipinski definition) is 1. The summed E-state index contributed by atoms with van der Waals surface area (Å²) in [4.78, 5) is 10.6. The van der Waals surface area contributed by atoms with Crippen molar-refractivity contribution in [1.82, 2.24) is 4.57 Å². The zero-order valence-electron chi connectivity index (χ0n) is 9.47. The standard InChI is InChI=1S/C13H15NO2/c1-9(2)14-11(5-6-15)7-10-3-4-12(16)8-13(10)14/h3-4,6-9,16H,5H2,1-2H3. The minimum atomic E-state index is 0.255. The molecule has 0 radical (unpaired) electrons. The van der Waals surface area contributed by atoms with Gasteiger partial charge in [0, 0.05) is 29.6 Å². The van der Waals surface area contributed by atoms with Gasteiger partial charge in [0.1, 0.15) is 12.0 Å². The topological polar surface area (TPSA) is 42.2 Å². The summed E-state index contributed by atoms with van der Waals surface area (Å²) >= 11 is 0. The molecule has 3 nitrogen and oxygen atoms in total.